The van der Waals surface area contributed by atoms with Gasteiger partial charge in [0.2, 0.25) is 5.91 Å². The summed E-state index contributed by atoms with van der Waals surface area (Å²) in [5.74, 6) is -1.47. The highest BCUT2D eigenvalue weighted by atomic mass is 16.5. The Balaban J connectivity index is 1.99. The number of carboxylic acids is 1. The molecule has 2 N–H and O–H groups in total. The normalized spacial score (nSPS) is 18.7. The van der Waals surface area contributed by atoms with Crippen LogP contribution in [0.3, 0.4) is 0 Å². The maximum atomic E-state index is 11.9. The lowest BCUT2D eigenvalue weighted by Gasteiger charge is -2.17. The van der Waals surface area contributed by atoms with Crippen LogP contribution in [0, 0.1) is 11.3 Å². The maximum absolute atomic E-state index is 11.9. The molecule has 1 heterocycles. The summed E-state index contributed by atoms with van der Waals surface area (Å²) in [5.41, 5.74) is 1.25. The average molecular weight is 288 g/mol. The van der Waals surface area contributed by atoms with Crippen LogP contribution in [0.1, 0.15) is 24.0 Å². The number of hydrogen-bond acceptors (Lipinski definition) is 4. The van der Waals surface area contributed by atoms with Crippen molar-refractivity contribution in [1.82, 2.24) is 5.32 Å². The van der Waals surface area contributed by atoms with Crippen LogP contribution in [0.15, 0.2) is 24.3 Å². The van der Waals surface area contributed by atoms with Crippen LogP contribution in [0.2, 0.25) is 0 Å². The summed E-state index contributed by atoms with van der Waals surface area (Å²) >= 11 is 0. The van der Waals surface area contributed by atoms with E-state index in [1.807, 2.05) is 6.07 Å². The van der Waals surface area contributed by atoms with E-state index < -0.39 is 18.1 Å². The minimum atomic E-state index is -1.09. The number of hydrogen-bond donors (Lipinski definition) is 2. The largest absolute Gasteiger partial charge is 0.480 e. The third-order valence-corrected chi connectivity index (χ3v) is 3.36. The van der Waals surface area contributed by atoms with E-state index in [4.69, 9.17) is 10.00 Å². The van der Waals surface area contributed by atoms with E-state index in [9.17, 15) is 14.7 Å². The van der Waals surface area contributed by atoms with Gasteiger partial charge >= 0.3 is 5.97 Å². The Morgan fingerprint density at radius 3 is 2.67 bits per heavy atom. The Morgan fingerprint density at radius 1 is 1.43 bits per heavy atom. The molecule has 0 saturated carbocycles. The van der Waals surface area contributed by atoms with Crippen molar-refractivity contribution in [3.05, 3.63) is 35.4 Å². The number of amides is 1. The molecule has 1 amide bonds. The molecule has 2 atom stereocenters. The van der Waals surface area contributed by atoms with Gasteiger partial charge in [-0.3, -0.25) is 4.79 Å². The fraction of sp³-hybridized carbons (Fsp3) is 0.400. The Hall–Kier alpha value is -2.39. The van der Waals surface area contributed by atoms with E-state index in [1.54, 1.807) is 24.3 Å². The average Bonchev–Trinajstić information content (AvgIpc) is 3.01. The molecule has 1 fully saturated rings. The molecule has 0 radical (unpaired) electrons. The second-order valence-corrected chi connectivity index (χ2v) is 4.91. The lowest BCUT2D eigenvalue weighted by molar-refractivity contribution is -0.143. The quantitative estimate of drug-likeness (QED) is 0.836. The second kappa shape index (κ2) is 6.86. The molecule has 2 rings (SSSR count). The van der Waals surface area contributed by atoms with Gasteiger partial charge in [-0.25, -0.2) is 4.79 Å². The summed E-state index contributed by atoms with van der Waals surface area (Å²) in [6.45, 7) is 0.533. The monoisotopic (exact) mass is 288 g/mol. The number of carbonyl (C=O) groups is 2. The van der Waals surface area contributed by atoms with Crippen molar-refractivity contribution >= 4 is 11.9 Å². The molecule has 0 spiro atoms. The van der Waals surface area contributed by atoms with Gasteiger partial charge < -0.3 is 15.2 Å². The number of ether oxygens (including phenoxy) is 1. The molecule has 110 valence electrons. The second-order valence-electron chi connectivity index (χ2n) is 4.91. The first kappa shape index (κ1) is 15.0. The van der Waals surface area contributed by atoms with Crippen LogP contribution in [0.25, 0.3) is 0 Å². The van der Waals surface area contributed by atoms with Crippen LogP contribution >= 0.6 is 0 Å². The Labute approximate surface area is 122 Å². The standard InChI is InChI=1S/C15H16N2O4/c16-9-11-5-3-10(4-6-11)8-12(15(19)20)17-14(18)13-2-1-7-21-13/h3-6,12-13H,1-2,7-8H2,(H,17,18)(H,19,20)/t12-,13-/m0/s1. The highest BCUT2D eigenvalue weighted by Gasteiger charge is 2.28. The van der Waals surface area contributed by atoms with Crippen molar-refractivity contribution in [3.63, 3.8) is 0 Å². The Bertz CT molecular complexity index is 556. The van der Waals surface area contributed by atoms with Gasteiger partial charge in [0, 0.05) is 13.0 Å². The molecule has 6 nitrogen and oxygen atoms in total. The fourth-order valence-electron chi connectivity index (χ4n) is 2.20. The van der Waals surface area contributed by atoms with Gasteiger partial charge in [-0.1, -0.05) is 12.1 Å². The van der Waals surface area contributed by atoms with Crippen molar-refractivity contribution in [2.75, 3.05) is 6.61 Å². The number of nitrogens with zero attached hydrogens (tertiary/aromatic N) is 1. The van der Waals surface area contributed by atoms with E-state index >= 15 is 0 Å². The number of nitrogens with one attached hydrogen (secondary N) is 1. The van der Waals surface area contributed by atoms with E-state index in [0.29, 0.717) is 18.6 Å². The van der Waals surface area contributed by atoms with Crippen LogP contribution in [0.4, 0.5) is 0 Å². The lowest BCUT2D eigenvalue weighted by Crippen LogP contribution is -2.46. The van der Waals surface area contributed by atoms with Crippen molar-refractivity contribution in [2.45, 2.75) is 31.4 Å². The predicted molar refractivity (Wildman–Crippen MR) is 73.4 cm³/mol. The van der Waals surface area contributed by atoms with Gasteiger partial charge in [-0.15, -0.1) is 0 Å². The van der Waals surface area contributed by atoms with Crippen molar-refractivity contribution in [2.24, 2.45) is 0 Å². The van der Waals surface area contributed by atoms with Gasteiger partial charge in [0.15, 0.2) is 0 Å². The highest BCUT2D eigenvalue weighted by Crippen LogP contribution is 2.13. The Kier molecular flexibility index (Phi) is 4.90. The zero-order chi connectivity index (χ0) is 15.2. The topological polar surface area (TPSA) is 99.4 Å². The molecule has 21 heavy (non-hydrogen) atoms. The first-order valence-electron chi connectivity index (χ1n) is 6.74. The zero-order valence-electron chi connectivity index (χ0n) is 11.4. The molecule has 0 bridgehead atoms. The third kappa shape index (κ3) is 4.04. The van der Waals surface area contributed by atoms with Crippen LogP contribution in [0.5, 0.6) is 0 Å². The summed E-state index contributed by atoms with van der Waals surface area (Å²) < 4.78 is 5.23. The van der Waals surface area contributed by atoms with Gasteiger partial charge in [-0.05, 0) is 30.5 Å². The number of aliphatic carboxylic acids is 1. The molecule has 1 aromatic carbocycles. The van der Waals surface area contributed by atoms with E-state index in [2.05, 4.69) is 5.32 Å². The number of nitriles is 1. The first-order chi connectivity index (χ1) is 10.1. The molecule has 1 aromatic rings. The summed E-state index contributed by atoms with van der Waals surface area (Å²) in [5, 5.41) is 20.4. The highest BCUT2D eigenvalue weighted by molar-refractivity contribution is 5.86. The molecular formula is C15H16N2O4. The van der Waals surface area contributed by atoms with Crippen LogP contribution in [-0.4, -0.2) is 35.7 Å². The number of carboxylic acid groups (broad SMARTS) is 1. The van der Waals surface area contributed by atoms with Crippen molar-refractivity contribution in [3.8, 4) is 6.07 Å². The third-order valence-electron chi connectivity index (χ3n) is 3.36. The maximum Gasteiger partial charge on any atom is 0.326 e. The van der Waals surface area contributed by atoms with Crippen LogP contribution < -0.4 is 5.32 Å². The van der Waals surface area contributed by atoms with E-state index in [0.717, 1.165) is 12.0 Å². The minimum absolute atomic E-state index is 0.166. The van der Waals surface area contributed by atoms with Crippen LogP contribution in [-0.2, 0) is 20.7 Å². The SMILES string of the molecule is N#Cc1ccc(C[C@H](NC(=O)[C@@H]2CCCO2)C(=O)O)cc1. The Morgan fingerprint density at radius 2 is 2.14 bits per heavy atom. The molecule has 0 aromatic heterocycles. The number of benzene rings is 1. The van der Waals surface area contributed by atoms with E-state index in [1.165, 1.54) is 0 Å². The number of carbonyl (C=O) groups excluding carboxylic acids is 1. The van der Waals surface area contributed by atoms with Crippen molar-refractivity contribution < 1.29 is 19.4 Å². The van der Waals surface area contributed by atoms with Gasteiger partial charge in [0.05, 0.1) is 11.6 Å². The fourth-order valence-corrected chi connectivity index (χ4v) is 2.20. The van der Waals surface area contributed by atoms with Gasteiger partial charge in [-0.2, -0.15) is 5.26 Å². The van der Waals surface area contributed by atoms with Gasteiger partial charge in [0.1, 0.15) is 12.1 Å². The minimum Gasteiger partial charge on any atom is -0.480 e. The summed E-state index contributed by atoms with van der Waals surface area (Å²) in [6, 6.07) is 7.61. The van der Waals surface area contributed by atoms with E-state index in [-0.39, 0.29) is 12.3 Å². The first-order valence-corrected chi connectivity index (χ1v) is 6.74. The molecular weight excluding hydrogens is 272 g/mol. The molecule has 1 aliphatic rings. The summed E-state index contributed by atoms with van der Waals surface area (Å²) in [6.07, 6.45) is 1.05. The van der Waals surface area contributed by atoms with Crippen molar-refractivity contribution in [1.29, 1.82) is 5.26 Å². The summed E-state index contributed by atoms with van der Waals surface area (Å²) in [7, 11) is 0. The molecule has 0 aliphatic carbocycles. The molecule has 1 aliphatic heterocycles. The molecule has 0 unspecified atom stereocenters. The lowest BCUT2D eigenvalue weighted by atomic mass is 10.0. The molecule has 1 saturated heterocycles. The smallest absolute Gasteiger partial charge is 0.326 e. The predicted octanol–water partition coefficient (Wildman–Crippen LogP) is 0.849. The molecule has 6 heteroatoms. The summed E-state index contributed by atoms with van der Waals surface area (Å²) in [4.78, 5) is 23.2. The zero-order valence-corrected chi connectivity index (χ0v) is 11.4. The number of rotatable bonds is 5. The van der Waals surface area contributed by atoms with Gasteiger partial charge in [0.25, 0.3) is 0 Å².